The Balaban J connectivity index is 5.29. The van der Waals surface area contributed by atoms with Gasteiger partial charge in [-0.2, -0.15) is 0 Å². The molecule has 0 spiro atoms. The molecule has 0 bridgehead atoms. The maximum absolute atomic E-state index is 12.7. The highest BCUT2D eigenvalue weighted by Gasteiger charge is 2.29. The quantitative estimate of drug-likeness (QED) is 0.0568. The monoisotopic (exact) mass is 488 g/mol. The number of carbonyl (C=O) groups is 6. The van der Waals surface area contributed by atoms with Crippen LogP contribution in [0.5, 0.6) is 0 Å². The largest absolute Gasteiger partial charge is 0.481 e. The van der Waals surface area contributed by atoms with E-state index >= 15 is 0 Å². The summed E-state index contributed by atoms with van der Waals surface area (Å²) in [6.45, 7) is 1.39. The molecule has 16 heteroatoms. The Hall–Kier alpha value is -3.95. The van der Waals surface area contributed by atoms with Crippen molar-refractivity contribution in [3.05, 3.63) is 0 Å². The molecule has 0 saturated heterocycles. The number of nitrogens with one attached hydrogen (secondary N) is 3. The first-order valence-electron chi connectivity index (χ1n) is 10.2. The van der Waals surface area contributed by atoms with Crippen LogP contribution in [0.2, 0.25) is 0 Å². The van der Waals surface area contributed by atoms with Gasteiger partial charge in [-0.25, -0.2) is 4.79 Å². The van der Waals surface area contributed by atoms with Crippen LogP contribution in [-0.2, 0) is 28.8 Å². The number of rotatable bonds is 16. The number of primary amides is 1. The third-order valence-corrected chi connectivity index (χ3v) is 4.36. The van der Waals surface area contributed by atoms with Crippen LogP contribution in [0.15, 0.2) is 4.99 Å². The molecule has 0 aromatic heterocycles. The van der Waals surface area contributed by atoms with Crippen LogP contribution in [-0.4, -0.2) is 82.5 Å². The average molecular weight is 489 g/mol. The summed E-state index contributed by atoms with van der Waals surface area (Å²) in [4.78, 5) is 73.9. The molecule has 0 aromatic carbocycles. The van der Waals surface area contributed by atoms with E-state index in [0.29, 0.717) is 0 Å². The van der Waals surface area contributed by atoms with Crippen molar-refractivity contribution in [3.8, 4) is 0 Å². The molecule has 0 heterocycles. The highest BCUT2D eigenvalue weighted by molar-refractivity contribution is 5.94. The van der Waals surface area contributed by atoms with Gasteiger partial charge in [0.05, 0.1) is 12.5 Å². The standard InChI is InChI=1S/C18H32N8O8/c1-8(24-15(31)9(19)7-13(28)29)14(30)25-10(3-2-6-23-18(21)22)16(32)26-11(17(33)34)4-5-12(20)27/h8-11H,2-7,19H2,1H3,(H2,20,27)(H,24,31)(H,25,30)(H,26,32)(H,28,29)(H,33,34)(H4,21,22,23). The smallest absolute Gasteiger partial charge is 0.326 e. The van der Waals surface area contributed by atoms with Crippen molar-refractivity contribution in [3.63, 3.8) is 0 Å². The van der Waals surface area contributed by atoms with Gasteiger partial charge in [0.15, 0.2) is 5.96 Å². The summed E-state index contributed by atoms with van der Waals surface area (Å²) < 4.78 is 0. The Labute approximate surface area is 194 Å². The maximum atomic E-state index is 12.7. The van der Waals surface area contributed by atoms with Crippen molar-refractivity contribution in [2.45, 2.75) is 63.2 Å². The first-order valence-corrected chi connectivity index (χ1v) is 10.2. The molecule has 16 nitrogen and oxygen atoms in total. The minimum atomic E-state index is -1.44. The van der Waals surface area contributed by atoms with Crippen molar-refractivity contribution >= 4 is 41.5 Å². The Morgan fingerprint density at radius 2 is 1.44 bits per heavy atom. The van der Waals surface area contributed by atoms with Gasteiger partial charge in [-0.15, -0.1) is 0 Å². The van der Waals surface area contributed by atoms with Gasteiger partial charge < -0.3 is 49.1 Å². The van der Waals surface area contributed by atoms with Gasteiger partial charge >= 0.3 is 11.9 Å². The van der Waals surface area contributed by atoms with Crippen molar-refractivity contribution in [2.75, 3.05) is 6.54 Å². The zero-order valence-electron chi connectivity index (χ0n) is 18.7. The molecule has 4 amide bonds. The van der Waals surface area contributed by atoms with E-state index in [4.69, 9.17) is 28.0 Å². The van der Waals surface area contributed by atoms with E-state index in [1.165, 1.54) is 6.92 Å². The van der Waals surface area contributed by atoms with E-state index < -0.39 is 66.2 Å². The fourth-order valence-corrected chi connectivity index (χ4v) is 2.55. The summed E-state index contributed by atoms with van der Waals surface area (Å²) in [5.41, 5.74) is 20.9. The number of guanidine groups is 1. The fourth-order valence-electron chi connectivity index (χ4n) is 2.55. The summed E-state index contributed by atoms with van der Waals surface area (Å²) >= 11 is 0. The van der Waals surface area contributed by atoms with E-state index in [1.807, 2.05) is 0 Å². The van der Waals surface area contributed by atoms with Gasteiger partial charge in [-0.1, -0.05) is 0 Å². The van der Waals surface area contributed by atoms with Crippen LogP contribution in [0.25, 0.3) is 0 Å². The first kappa shape index (κ1) is 30.1. The van der Waals surface area contributed by atoms with Gasteiger partial charge in [-0.05, 0) is 26.2 Å². The SMILES string of the molecule is CC(NC(=O)C(N)CC(=O)O)C(=O)NC(CCCN=C(N)N)C(=O)NC(CCC(N)=O)C(=O)O. The van der Waals surface area contributed by atoms with Crippen molar-refractivity contribution in [1.29, 1.82) is 0 Å². The molecule has 0 rings (SSSR count). The van der Waals surface area contributed by atoms with Gasteiger partial charge in [-0.3, -0.25) is 29.0 Å². The van der Waals surface area contributed by atoms with E-state index in [2.05, 4.69) is 20.9 Å². The van der Waals surface area contributed by atoms with Crippen LogP contribution in [0.3, 0.4) is 0 Å². The van der Waals surface area contributed by atoms with Gasteiger partial charge in [0.2, 0.25) is 23.6 Å². The number of nitrogens with zero attached hydrogens (tertiary/aromatic N) is 1. The number of carbonyl (C=O) groups excluding carboxylic acids is 4. The average Bonchev–Trinajstić information content (AvgIpc) is 2.71. The lowest BCUT2D eigenvalue weighted by molar-refractivity contribution is -0.142. The summed E-state index contributed by atoms with van der Waals surface area (Å²) in [6, 6.07) is -5.29. The number of aliphatic imine (C=N–C) groups is 1. The molecule has 0 aliphatic carbocycles. The van der Waals surface area contributed by atoms with Crippen molar-refractivity contribution in [1.82, 2.24) is 16.0 Å². The van der Waals surface area contributed by atoms with Crippen LogP contribution in [0.4, 0.5) is 0 Å². The molecule has 192 valence electrons. The Kier molecular flexibility index (Phi) is 13.2. The molecular formula is C18H32N8O8. The Morgan fingerprint density at radius 1 is 0.853 bits per heavy atom. The second-order valence-electron chi connectivity index (χ2n) is 7.35. The highest BCUT2D eigenvalue weighted by Crippen LogP contribution is 2.04. The highest BCUT2D eigenvalue weighted by atomic mass is 16.4. The topological polar surface area (TPSA) is 295 Å². The molecule has 4 unspecified atom stereocenters. The van der Waals surface area contributed by atoms with Crippen LogP contribution in [0, 0.1) is 0 Å². The van der Waals surface area contributed by atoms with Crippen LogP contribution >= 0.6 is 0 Å². The summed E-state index contributed by atoms with van der Waals surface area (Å²) in [5.74, 6) is -6.23. The second kappa shape index (κ2) is 15.0. The second-order valence-corrected chi connectivity index (χ2v) is 7.35. The van der Waals surface area contributed by atoms with Crippen molar-refractivity contribution in [2.24, 2.45) is 27.9 Å². The first-order chi connectivity index (χ1) is 15.7. The molecule has 0 radical (unpaired) electrons. The molecule has 13 N–H and O–H groups in total. The Bertz CT molecular complexity index is 799. The van der Waals surface area contributed by atoms with Gasteiger partial charge in [0.25, 0.3) is 0 Å². The lowest BCUT2D eigenvalue weighted by atomic mass is 10.1. The molecule has 0 aromatic rings. The van der Waals surface area contributed by atoms with E-state index in [1.54, 1.807) is 0 Å². The molecular weight excluding hydrogens is 456 g/mol. The van der Waals surface area contributed by atoms with Crippen molar-refractivity contribution < 1.29 is 39.0 Å². The fraction of sp³-hybridized carbons (Fsp3) is 0.611. The third kappa shape index (κ3) is 12.8. The molecule has 0 fully saturated rings. The predicted molar refractivity (Wildman–Crippen MR) is 118 cm³/mol. The summed E-state index contributed by atoms with van der Waals surface area (Å²) in [7, 11) is 0. The zero-order chi connectivity index (χ0) is 26.4. The normalized spacial score (nSPS) is 13.9. The predicted octanol–water partition coefficient (Wildman–Crippen LogP) is -4.33. The number of hydrogen-bond donors (Lipinski definition) is 9. The van der Waals surface area contributed by atoms with E-state index in [-0.39, 0.29) is 38.2 Å². The number of carboxylic acid groups (broad SMARTS) is 2. The molecule has 4 atom stereocenters. The molecule has 0 aliphatic heterocycles. The van der Waals surface area contributed by atoms with Gasteiger partial charge in [0.1, 0.15) is 18.1 Å². The number of nitrogens with two attached hydrogens (primary N) is 4. The maximum Gasteiger partial charge on any atom is 0.326 e. The van der Waals surface area contributed by atoms with E-state index in [0.717, 1.165) is 0 Å². The molecule has 0 aliphatic rings. The van der Waals surface area contributed by atoms with Gasteiger partial charge in [0, 0.05) is 13.0 Å². The number of aliphatic carboxylic acids is 2. The Morgan fingerprint density at radius 3 is 1.94 bits per heavy atom. The number of hydrogen-bond acceptors (Lipinski definition) is 8. The minimum absolute atomic E-state index is 0.00426. The zero-order valence-corrected chi connectivity index (χ0v) is 18.7. The van der Waals surface area contributed by atoms with E-state index in [9.17, 15) is 33.9 Å². The lowest BCUT2D eigenvalue weighted by Crippen LogP contribution is -2.56. The third-order valence-electron chi connectivity index (χ3n) is 4.36. The van der Waals surface area contributed by atoms with Crippen LogP contribution < -0.4 is 38.9 Å². The molecule has 34 heavy (non-hydrogen) atoms. The molecule has 0 saturated carbocycles. The number of carboxylic acids is 2. The minimum Gasteiger partial charge on any atom is -0.481 e. The number of amides is 4. The lowest BCUT2D eigenvalue weighted by Gasteiger charge is -2.23. The summed E-state index contributed by atoms with van der Waals surface area (Å²) in [6.07, 6.45) is -0.996. The van der Waals surface area contributed by atoms with Crippen LogP contribution in [0.1, 0.15) is 39.0 Å². The summed E-state index contributed by atoms with van der Waals surface area (Å²) in [5, 5.41) is 24.8.